The lowest BCUT2D eigenvalue weighted by Gasteiger charge is -2.12. The largest absolute Gasteiger partial charge is 0.478 e. The molecule has 0 spiro atoms. The number of imidazole rings is 1. The van der Waals surface area contributed by atoms with Crippen molar-refractivity contribution in [1.82, 2.24) is 24.8 Å². The van der Waals surface area contributed by atoms with Crippen LogP contribution in [0.4, 0.5) is 4.39 Å². The average molecular weight is 423 g/mol. The zero-order valence-electron chi connectivity index (χ0n) is 18.1. The molecule has 0 radical (unpaired) electrons. The van der Waals surface area contributed by atoms with E-state index in [0.29, 0.717) is 45.6 Å². The number of nitrogens with one attached hydrogen (secondary N) is 2. The van der Waals surface area contributed by atoms with E-state index >= 15 is 0 Å². The molecule has 1 aromatic carbocycles. The van der Waals surface area contributed by atoms with E-state index in [9.17, 15) is 9.18 Å². The van der Waals surface area contributed by atoms with Crippen LogP contribution < -0.4 is 10.4 Å². The van der Waals surface area contributed by atoms with Gasteiger partial charge in [-0.1, -0.05) is 13.8 Å². The molecule has 0 amide bonds. The van der Waals surface area contributed by atoms with Gasteiger partial charge in [-0.3, -0.25) is 4.98 Å². The molecule has 4 aromatic rings. The molecule has 162 valence electrons. The monoisotopic (exact) mass is 423 g/mol. The Kier molecular flexibility index (Phi) is 5.73. The third-order valence-corrected chi connectivity index (χ3v) is 5.17. The second kappa shape index (κ2) is 8.47. The standard InChI is InChI=1S/C23H26FN5O2/c1-13(2)20-22-21(27-23(30)28-22)16-10-15(17(24)11-18(16)26-20)14-6-7-19(25-12-14)31-9-5-8-29(3)4/h6-7,10-13H,5,8-9H2,1-4H3,(H2,27,28,30). The Morgan fingerprint density at radius 3 is 2.61 bits per heavy atom. The number of pyridine rings is 2. The van der Waals surface area contributed by atoms with Crippen LogP contribution in [-0.2, 0) is 0 Å². The fourth-order valence-electron chi connectivity index (χ4n) is 3.64. The number of ether oxygens (including phenoxy) is 1. The third kappa shape index (κ3) is 4.29. The van der Waals surface area contributed by atoms with Crippen LogP contribution in [0.2, 0.25) is 0 Å². The molecule has 4 rings (SSSR count). The van der Waals surface area contributed by atoms with E-state index in [1.165, 1.54) is 6.07 Å². The predicted molar refractivity (Wildman–Crippen MR) is 120 cm³/mol. The first-order valence-corrected chi connectivity index (χ1v) is 10.3. The van der Waals surface area contributed by atoms with Crippen LogP contribution in [0.3, 0.4) is 0 Å². The molecule has 0 bridgehead atoms. The van der Waals surface area contributed by atoms with Crippen molar-refractivity contribution in [3.63, 3.8) is 0 Å². The number of rotatable bonds is 7. The summed E-state index contributed by atoms with van der Waals surface area (Å²) in [6.45, 7) is 5.47. The SMILES string of the molecule is CC(C)c1nc2cc(F)c(-c3ccc(OCCCN(C)C)nc3)cc2c2[nH]c(=O)[nH]c12. The van der Waals surface area contributed by atoms with Crippen molar-refractivity contribution in [3.05, 3.63) is 52.5 Å². The van der Waals surface area contributed by atoms with Gasteiger partial charge in [0, 0.05) is 41.4 Å². The quantitative estimate of drug-likeness (QED) is 0.438. The molecule has 0 saturated carbocycles. The van der Waals surface area contributed by atoms with Crippen molar-refractivity contribution in [3.8, 4) is 17.0 Å². The van der Waals surface area contributed by atoms with Crippen LogP contribution in [0.5, 0.6) is 5.88 Å². The van der Waals surface area contributed by atoms with Gasteiger partial charge in [-0.05, 0) is 38.6 Å². The second-order valence-electron chi connectivity index (χ2n) is 8.22. The molecule has 3 heterocycles. The van der Waals surface area contributed by atoms with Crippen LogP contribution in [0, 0.1) is 5.82 Å². The summed E-state index contributed by atoms with van der Waals surface area (Å²) in [5.74, 6) is 0.188. The lowest BCUT2D eigenvalue weighted by molar-refractivity contribution is 0.273. The van der Waals surface area contributed by atoms with Gasteiger partial charge in [0.25, 0.3) is 0 Å². The molecule has 0 unspecified atom stereocenters. The maximum atomic E-state index is 15.0. The normalized spacial score (nSPS) is 11.8. The molecule has 0 fully saturated rings. The van der Waals surface area contributed by atoms with Gasteiger partial charge in [0.2, 0.25) is 5.88 Å². The summed E-state index contributed by atoms with van der Waals surface area (Å²) in [6.07, 6.45) is 2.49. The topological polar surface area (TPSA) is 86.9 Å². The zero-order chi connectivity index (χ0) is 22.1. The first-order chi connectivity index (χ1) is 14.8. The lowest BCUT2D eigenvalue weighted by atomic mass is 10.0. The summed E-state index contributed by atoms with van der Waals surface area (Å²) < 4.78 is 20.6. The molecule has 3 aromatic heterocycles. The Hall–Kier alpha value is -3.26. The number of nitrogens with zero attached hydrogens (tertiary/aromatic N) is 3. The van der Waals surface area contributed by atoms with Crippen LogP contribution in [0.1, 0.15) is 31.9 Å². The van der Waals surface area contributed by atoms with E-state index < -0.39 is 5.82 Å². The minimum atomic E-state index is -0.395. The summed E-state index contributed by atoms with van der Waals surface area (Å²) in [6, 6.07) is 6.64. The Morgan fingerprint density at radius 2 is 1.94 bits per heavy atom. The van der Waals surface area contributed by atoms with Crippen LogP contribution in [-0.4, -0.2) is 52.1 Å². The fourth-order valence-corrected chi connectivity index (χ4v) is 3.64. The highest BCUT2D eigenvalue weighted by atomic mass is 19.1. The summed E-state index contributed by atoms with van der Waals surface area (Å²) >= 11 is 0. The van der Waals surface area contributed by atoms with Gasteiger partial charge < -0.3 is 19.6 Å². The highest BCUT2D eigenvalue weighted by Crippen LogP contribution is 2.32. The summed E-state index contributed by atoms with van der Waals surface area (Å²) in [7, 11) is 4.03. The Labute approximate surface area is 179 Å². The number of benzene rings is 1. The van der Waals surface area contributed by atoms with Crippen LogP contribution >= 0.6 is 0 Å². The van der Waals surface area contributed by atoms with E-state index in [1.807, 2.05) is 27.9 Å². The van der Waals surface area contributed by atoms with Crippen molar-refractivity contribution in [1.29, 1.82) is 0 Å². The zero-order valence-corrected chi connectivity index (χ0v) is 18.1. The highest BCUT2D eigenvalue weighted by Gasteiger charge is 2.17. The summed E-state index contributed by atoms with van der Waals surface area (Å²) in [4.78, 5) is 28.6. The number of hydrogen-bond acceptors (Lipinski definition) is 5. The molecular formula is C23H26FN5O2. The predicted octanol–water partition coefficient (Wildman–Crippen LogP) is 4.06. The Morgan fingerprint density at radius 1 is 1.16 bits per heavy atom. The molecule has 0 aliphatic heterocycles. The molecule has 0 saturated heterocycles. The van der Waals surface area contributed by atoms with Crippen molar-refractivity contribution >= 4 is 21.9 Å². The van der Waals surface area contributed by atoms with E-state index in [-0.39, 0.29) is 11.6 Å². The molecule has 0 atom stereocenters. The number of hydrogen-bond donors (Lipinski definition) is 2. The van der Waals surface area contributed by atoms with E-state index in [4.69, 9.17) is 4.74 Å². The van der Waals surface area contributed by atoms with Gasteiger partial charge in [-0.2, -0.15) is 0 Å². The first kappa shape index (κ1) is 21.0. The number of halogens is 1. The maximum Gasteiger partial charge on any atom is 0.323 e. The van der Waals surface area contributed by atoms with Crippen molar-refractivity contribution in [2.45, 2.75) is 26.2 Å². The van der Waals surface area contributed by atoms with Crippen LogP contribution in [0.25, 0.3) is 33.1 Å². The van der Waals surface area contributed by atoms with Crippen LogP contribution in [0.15, 0.2) is 35.3 Å². The number of H-pyrrole nitrogens is 2. The number of fused-ring (bicyclic) bond motifs is 3. The van der Waals surface area contributed by atoms with Crippen molar-refractivity contribution < 1.29 is 9.13 Å². The lowest BCUT2D eigenvalue weighted by Crippen LogP contribution is -2.15. The average Bonchev–Trinajstić information content (AvgIpc) is 3.12. The van der Waals surface area contributed by atoms with Gasteiger partial charge in [-0.25, -0.2) is 14.2 Å². The van der Waals surface area contributed by atoms with Gasteiger partial charge >= 0.3 is 5.69 Å². The van der Waals surface area contributed by atoms with Gasteiger partial charge in [0.05, 0.1) is 28.9 Å². The summed E-state index contributed by atoms with van der Waals surface area (Å²) in [5, 5.41) is 0.679. The second-order valence-corrected chi connectivity index (χ2v) is 8.22. The van der Waals surface area contributed by atoms with Gasteiger partial charge in [0.1, 0.15) is 5.82 Å². The maximum absolute atomic E-state index is 15.0. The molecule has 31 heavy (non-hydrogen) atoms. The first-order valence-electron chi connectivity index (χ1n) is 10.3. The smallest absolute Gasteiger partial charge is 0.323 e. The van der Waals surface area contributed by atoms with E-state index in [2.05, 4.69) is 24.8 Å². The minimum Gasteiger partial charge on any atom is -0.478 e. The molecule has 7 nitrogen and oxygen atoms in total. The van der Waals surface area contributed by atoms with Crippen molar-refractivity contribution in [2.75, 3.05) is 27.2 Å². The summed E-state index contributed by atoms with van der Waals surface area (Å²) in [5.41, 5.74) is 3.22. The minimum absolute atomic E-state index is 0.0792. The molecule has 0 aliphatic rings. The third-order valence-electron chi connectivity index (χ3n) is 5.17. The fraction of sp³-hybridized carbons (Fsp3) is 0.348. The molecule has 8 heteroatoms. The Balaban J connectivity index is 1.70. The van der Waals surface area contributed by atoms with Gasteiger partial charge in [-0.15, -0.1) is 0 Å². The number of aromatic amines is 2. The Bertz CT molecular complexity index is 1280. The van der Waals surface area contributed by atoms with Crippen molar-refractivity contribution in [2.24, 2.45) is 0 Å². The molecular weight excluding hydrogens is 397 g/mol. The van der Waals surface area contributed by atoms with E-state index in [1.54, 1.807) is 24.4 Å². The molecule has 0 aliphatic carbocycles. The molecule has 2 N–H and O–H groups in total. The van der Waals surface area contributed by atoms with Gasteiger partial charge in [0.15, 0.2) is 0 Å². The highest BCUT2D eigenvalue weighted by molar-refractivity contribution is 6.04. The van der Waals surface area contributed by atoms with E-state index in [0.717, 1.165) is 18.7 Å². The number of aromatic nitrogens is 4.